The average molecular weight is 382 g/mol. The highest BCUT2D eigenvalue weighted by Crippen LogP contribution is 2.28. The number of rotatable bonds is 9. The van der Waals surface area contributed by atoms with E-state index in [1.807, 2.05) is 0 Å². The molecule has 25 heavy (non-hydrogen) atoms. The maximum Gasteiger partial charge on any atom is 0.230 e. The molecule has 1 heterocycles. The van der Waals surface area contributed by atoms with Gasteiger partial charge < -0.3 is 40.2 Å². The summed E-state index contributed by atoms with van der Waals surface area (Å²) in [7, 11) is 2.90. The summed E-state index contributed by atoms with van der Waals surface area (Å²) >= 11 is 1.03. The largest absolute Gasteiger partial charge is 0.394 e. The molecule has 0 aromatic rings. The van der Waals surface area contributed by atoms with Crippen molar-refractivity contribution in [2.75, 3.05) is 33.1 Å². The van der Waals surface area contributed by atoms with Crippen molar-refractivity contribution in [3.8, 4) is 0 Å². The molecule has 1 fully saturated rings. The topological polar surface area (TPSA) is 147 Å². The van der Waals surface area contributed by atoms with Crippen molar-refractivity contribution in [2.24, 2.45) is 0 Å². The van der Waals surface area contributed by atoms with Gasteiger partial charge in [0.05, 0.1) is 24.9 Å². The number of carbonyl (C=O) groups excluding carboxylic acids is 2. The van der Waals surface area contributed by atoms with Crippen LogP contribution in [-0.4, -0.2) is 96.3 Å². The van der Waals surface area contributed by atoms with Crippen molar-refractivity contribution < 1.29 is 39.1 Å². The number of amides is 2. The van der Waals surface area contributed by atoms with Gasteiger partial charge in [-0.1, -0.05) is 0 Å². The highest BCUT2D eigenvalue weighted by molar-refractivity contribution is 8.00. The lowest BCUT2D eigenvalue weighted by molar-refractivity contribution is -0.173. The first-order valence-electron chi connectivity index (χ1n) is 7.67. The van der Waals surface area contributed by atoms with Crippen molar-refractivity contribution in [3.63, 3.8) is 0 Å². The van der Waals surface area contributed by atoms with E-state index in [1.54, 1.807) is 0 Å². The summed E-state index contributed by atoms with van der Waals surface area (Å²) in [6.07, 6.45) is -4.26. The molecule has 0 aromatic carbocycles. The molecule has 0 radical (unpaired) electrons. The van der Waals surface area contributed by atoms with Crippen molar-refractivity contribution >= 4 is 23.6 Å². The Labute approximate surface area is 150 Å². The van der Waals surface area contributed by atoms with Crippen molar-refractivity contribution in [1.29, 1.82) is 0 Å². The molecule has 2 amide bonds. The van der Waals surface area contributed by atoms with Crippen molar-refractivity contribution in [2.45, 2.75) is 43.0 Å². The Bertz CT molecular complexity index is 437. The van der Waals surface area contributed by atoms with Gasteiger partial charge in [-0.05, 0) is 0 Å². The first-order valence-corrected chi connectivity index (χ1v) is 8.72. The zero-order valence-electron chi connectivity index (χ0n) is 14.4. The van der Waals surface area contributed by atoms with Gasteiger partial charge in [0, 0.05) is 21.1 Å². The summed E-state index contributed by atoms with van der Waals surface area (Å²) in [5, 5.41) is 34.4. The third-order valence-electron chi connectivity index (χ3n) is 3.62. The van der Waals surface area contributed by atoms with Gasteiger partial charge in [-0.15, -0.1) is 11.8 Å². The minimum atomic E-state index is -1.35. The van der Waals surface area contributed by atoms with E-state index in [0.29, 0.717) is 0 Å². The summed E-state index contributed by atoms with van der Waals surface area (Å²) in [5.74, 6) is -0.766. The standard InChI is InChI=1S/C14H26N2O8S/c1-7(18)16-11-13(21)12(20)8(5-17)24-14(11)25-6-9(19)15-4-10(22-2)23-3/h8,10-14,17,20-21H,4-6H2,1-3H3,(H,15,19)(H,16,18)/t8-,11-,12-,13-,14+/m1/s1. The van der Waals surface area contributed by atoms with Crippen LogP contribution in [0.1, 0.15) is 6.92 Å². The van der Waals surface area contributed by atoms with Crippen LogP contribution >= 0.6 is 11.8 Å². The Morgan fingerprint density at radius 1 is 1.24 bits per heavy atom. The van der Waals surface area contributed by atoms with E-state index in [0.717, 1.165) is 11.8 Å². The van der Waals surface area contributed by atoms with Crippen LogP contribution in [0.2, 0.25) is 0 Å². The van der Waals surface area contributed by atoms with Crippen LogP contribution in [0.3, 0.4) is 0 Å². The zero-order chi connectivity index (χ0) is 19.0. The highest BCUT2D eigenvalue weighted by atomic mass is 32.2. The molecule has 1 rings (SSSR count). The van der Waals surface area contributed by atoms with E-state index in [9.17, 15) is 24.9 Å². The highest BCUT2D eigenvalue weighted by Gasteiger charge is 2.44. The lowest BCUT2D eigenvalue weighted by Crippen LogP contribution is -2.63. The molecule has 1 saturated heterocycles. The molecule has 0 unspecified atom stereocenters. The van der Waals surface area contributed by atoms with E-state index >= 15 is 0 Å². The van der Waals surface area contributed by atoms with Gasteiger partial charge in [-0.2, -0.15) is 0 Å². The monoisotopic (exact) mass is 382 g/mol. The van der Waals surface area contributed by atoms with Gasteiger partial charge in [-0.25, -0.2) is 0 Å². The van der Waals surface area contributed by atoms with Gasteiger partial charge in [-0.3, -0.25) is 9.59 Å². The normalized spacial score (nSPS) is 29.5. The van der Waals surface area contributed by atoms with Crippen LogP contribution in [0.25, 0.3) is 0 Å². The Morgan fingerprint density at radius 3 is 2.40 bits per heavy atom. The summed E-state index contributed by atoms with van der Waals surface area (Å²) < 4.78 is 15.4. The summed E-state index contributed by atoms with van der Waals surface area (Å²) in [6, 6.07) is -0.918. The Morgan fingerprint density at radius 2 is 1.88 bits per heavy atom. The van der Waals surface area contributed by atoms with Crippen LogP contribution in [0.4, 0.5) is 0 Å². The molecular formula is C14H26N2O8S. The van der Waals surface area contributed by atoms with Gasteiger partial charge in [0.2, 0.25) is 11.8 Å². The molecule has 5 N–H and O–H groups in total. The fraction of sp³-hybridized carbons (Fsp3) is 0.857. The predicted octanol–water partition coefficient (Wildman–Crippen LogP) is -2.60. The number of thioether (sulfide) groups is 1. The second-order valence-corrected chi connectivity index (χ2v) is 6.54. The smallest absolute Gasteiger partial charge is 0.230 e. The van der Waals surface area contributed by atoms with Crippen LogP contribution in [0.5, 0.6) is 0 Å². The molecule has 0 spiro atoms. The molecule has 11 heteroatoms. The number of hydrogen-bond donors (Lipinski definition) is 5. The first kappa shape index (κ1) is 22.1. The molecule has 1 aliphatic rings. The Balaban J connectivity index is 2.62. The van der Waals surface area contributed by atoms with Gasteiger partial charge in [0.1, 0.15) is 23.7 Å². The zero-order valence-corrected chi connectivity index (χ0v) is 15.2. The number of nitrogens with one attached hydrogen (secondary N) is 2. The fourth-order valence-corrected chi connectivity index (χ4v) is 3.36. The van der Waals surface area contributed by atoms with Gasteiger partial charge in [0.25, 0.3) is 0 Å². The summed E-state index contributed by atoms with van der Waals surface area (Å²) in [5.41, 5.74) is -0.814. The lowest BCUT2D eigenvalue weighted by atomic mass is 9.98. The molecule has 0 saturated carbocycles. The van der Waals surface area contributed by atoms with Crippen LogP contribution in [0.15, 0.2) is 0 Å². The Hall–Kier alpha value is -0.950. The molecule has 0 bridgehead atoms. The molecule has 0 aromatic heterocycles. The van der Waals surface area contributed by atoms with Gasteiger partial charge in [0.15, 0.2) is 6.29 Å². The minimum Gasteiger partial charge on any atom is -0.394 e. The summed E-state index contributed by atoms with van der Waals surface area (Å²) in [4.78, 5) is 23.2. The average Bonchev–Trinajstić information content (AvgIpc) is 2.59. The molecule has 10 nitrogen and oxygen atoms in total. The van der Waals surface area contributed by atoms with E-state index in [2.05, 4.69) is 10.6 Å². The maximum atomic E-state index is 11.9. The van der Waals surface area contributed by atoms with E-state index < -0.39 is 48.6 Å². The third kappa shape index (κ3) is 6.70. The molecular weight excluding hydrogens is 356 g/mol. The van der Waals surface area contributed by atoms with Crippen molar-refractivity contribution in [1.82, 2.24) is 10.6 Å². The first-order chi connectivity index (χ1) is 11.8. The number of ether oxygens (including phenoxy) is 3. The van der Waals surface area contributed by atoms with Crippen molar-refractivity contribution in [3.05, 3.63) is 0 Å². The maximum absolute atomic E-state index is 11.9. The number of hydrogen-bond acceptors (Lipinski definition) is 9. The SMILES string of the molecule is COC(CNC(=O)CS[C@@H]1O[C@H](CO)[C@@H](O)[C@H](O)[C@H]1NC(C)=O)OC. The van der Waals surface area contributed by atoms with E-state index in [4.69, 9.17) is 14.2 Å². The molecule has 146 valence electrons. The van der Waals surface area contributed by atoms with Crippen LogP contribution in [0, 0.1) is 0 Å². The van der Waals surface area contributed by atoms with Gasteiger partial charge >= 0.3 is 0 Å². The predicted molar refractivity (Wildman–Crippen MR) is 88.6 cm³/mol. The van der Waals surface area contributed by atoms with E-state index in [-0.39, 0.29) is 18.2 Å². The molecule has 1 aliphatic heterocycles. The summed E-state index contributed by atoms with van der Waals surface area (Å²) in [6.45, 7) is 0.923. The van der Waals surface area contributed by atoms with Crippen LogP contribution in [-0.2, 0) is 23.8 Å². The second-order valence-electron chi connectivity index (χ2n) is 5.45. The number of aliphatic hydroxyl groups is 3. The second kappa shape index (κ2) is 10.9. The lowest BCUT2D eigenvalue weighted by Gasteiger charge is -2.42. The number of carbonyl (C=O) groups is 2. The molecule has 5 atom stereocenters. The quantitative estimate of drug-likeness (QED) is 0.271. The Kier molecular flexibility index (Phi) is 9.64. The minimum absolute atomic E-state index is 0.0259. The number of methoxy groups -OCH3 is 2. The van der Waals surface area contributed by atoms with Crippen LogP contribution < -0.4 is 10.6 Å². The number of aliphatic hydroxyl groups excluding tert-OH is 3. The van der Waals surface area contributed by atoms with E-state index in [1.165, 1.54) is 21.1 Å². The fourth-order valence-electron chi connectivity index (χ4n) is 2.28. The molecule has 0 aliphatic carbocycles. The third-order valence-corrected chi connectivity index (χ3v) is 4.78.